The lowest BCUT2D eigenvalue weighted by atomic mass is 10.1. The Morgan fingerprint density at radius 1 is 1.31 bits per heavy atom. The summed E-state index contributed by atoms with van der Waals surface area (Å²) < 4.78 is 1.91. The fourth-order valence-corrected chi connectivity index (χ4v) is 3.41. The van der Waals surface area contributed by atoms with Gasteiger partial charge in [0.2, 0.25) is 5.91 Å². The average Bonchev–Trinajstić information content (AvgIpc) is 2.89. The summed E-state index contributed by atoms with van der Waals surface area (Å²) in [5, 5.41) is 14.4. The first-order chi connectivity index (χ1) is 13.7. The van der Waals surface area contributed by atoms with Crippen LogP contribution in [-0.2, 0) is 18.3 Å². The molecule has 0 aliphatic rings. The van der Waals surface area contributed by atoms with Crippen LogP contribution in [0.2, 0.25) is 5.02 Å². The van der Waals surface area contributed by atoms with Crippen LogP contribution in [0.15, 0.2) is 23.2 Å². The maximum atomic E-state index is 12.2. The number of benzene rings is 1. The molecule has 2 aromatic rings. The summed E-state index contributed by atoms with van der Waals surface area (Å²) in [4.78, 5) is 16.4. The number of guanidine groups is 1. The van der Waals surface area contributed by atoms with Crippen molar-refractivity contribution in [3.05, 3.63) is 45.7 Å². The minimum absolute atomic E-state index is 0.103. The number of rotatable bonds is 7. The van der Waals surface area contributed by atoms with Crippen LogP contribution in [0.1, 0.15) is 35.9 Å². The van der Waals surface area contributed by atoms with Gasteiger partial charge in [-0.05, 0) is 57.4 Å². The van der Waals surface area contributed by atoms with Crippen LogP contribution < -0.4 is 16.0 Å². The standard InChI is InChI=1S/C21H31ClN6O/c1-13-7-8-19(18(22)11-13)26-20(29)9-10-24-21(23-5)25-14(2)12-17-15(3)27-28(6)16(17)4/h7-8,11,14H,9-10,12H2,1-6H3,(H,26,29)(H2,23,24,25). The van der Waals surface area contributed by atoms with Gasteiger partial charge in [0.05, 0.1) is 16.4 Å². The number of hydrogen-bond donors (Lipinski definition) is 3. The van der Waals surface area contributed by atoms with E-state index in [-0.39, 0.29) is 11.9 Å². The number of aliphatic imine (C=N–C) groups is 1. The van der Waals surface area contributed by atoms with Gasteiger partial charge in [-0.2, -0.15) is 5.10 Å². The summed E-state index contributed by atoms with van der Waals surface area (Å²) in [7, 11) is 3.67. The van der Waals surface area contributed by atoms with Gasteiger partial charge < -0.3 is 16.0 Å². The Hall–Kier alpha value is -2.54. The highest BCUT2D eigenvalue weighted by Crippen LogP contribution is 2.22. The van der Waals surface area contributed by atoms with E-state index in [4.69, 9.17) is 11.6 Å². The molecule has 1 aromatic heterocycles. The Bertz CT molecular complexity index is 890. The van der Waals surface area contributed by atoms with E-state index in [9.17, 15) is 4.79 Å². The third kappa shape index (κ3) is 6.49. The molecule has 1 unspecified atom stereocenters. The molecule has 1 aromatic carbocycles. The molecule has 158 valence electrons. The van der Waals surface area contributed by atoms with Crippen molar-refractivity contribution < 1.29 is 4.79 Å². The average molecular weight is 419 g/mol. The van der Waals surface area contributed by atoms with Gasteiger partial charge in [-0.25, -0.2) is 0 Å². The molecule has 3 N–H and O–H groups in total. The van der Waals surface area contributed by atoms with Crippen LogP contribution >= 0.6 is 11.6 Å². The van der Waals surface area contributed by atoms with Crippen molar-refractivity contribution in [2.24, 2.45) is 12.0 Å². The van der Waals surface area contributed by atoms with E-state index in [1.54, 1.807) is 7.05 Å². The molecule has 0 aliphatic carbocycles. The molecule has 0 bridgehead atoms. The lowest BCUT2D eigenvalue weighted by molar-refractivity contribution is -0.116. The van der Waals surface area contributed by atoms with Gasteiger partial charge in [-0.3, -0.25) is 14.5 Å². The molecule has 1 heterocycles. The number of halogens is 1. The Balaban J connectivity index is 1.80. The first kappa shape index (κ1) is 22.7. The van der Waals surface area contributed by atoms with Crippen molar-refractivity contribution in [2.75, 3.05) is 18.9 Å². The third-order valence-electron chi connectivity index (χ3n) is 4.82. The quantitative estimate of drug-likeness (QED) is 0.476. The van der Waals surface area contributed by atoms with Gasteiger partial charge in [0.15, 0.2) is 5.96 Å². The minimum atomic E-state index is -0.103. The smallest absolute Gasteiger partial charge is 0.226 e. The largest absolute Gasteiger partial charge is 0.356 e. The minimum Gasteiger partial charge on any atom is -0.356 e. The van der Waals surface area contributed by atoms with Crippen LogP contribution in [0.25, 0.3) is 0 Å². The number of nitrogens with zero attached hydrogens (tertiary/aromatic N) is 3. The molecular weight excluding hydrogens is 388 g/mol. The van der Waals surface area contributed by atoms with Gasteiger partial charge >= 0.3 is 0 Å². The number of hydrogen-bond acceptors (Lipinski definition) is 3. The zero-order valence-electron chi connectivity index (χ0n) is 18.1. The highest BCUT2D eigenvalue weighted by Gasteiger charge is 2.14. The maximum absolute atomic E-state index is 12.2. The molecule has 1 amide bonds. The maximum Gasteiger partial charge on any atom is 0.226 e. The van der Waals surface area contributed by atoms with E-state index in [0.717, 1.165) is 17.7 Å². The number of carbonyl (C=O) groups is 1. The zero-order chi connectivity index (χ0) is 21.6. The summed E-state index contributed by atoms with van der Waals surface area (Å²) in [5.41, 5.74) is 5.15. The van der Waals surface area contributed by atoms with E-state index in [2.05, 4.69) is 39.9 Å². The Morgan fingerprint density at radius 2 is 2.03 bits per heavy atom. The number of aryl methyl sites for hydroxylation is 3. The summed E-state index contributed by atoms with van der Waals surface area (Å²) >= 11 is 6.16. The molecule has 0 saturated heterocycles. The van der Waals surface area contributed by atoms with E-state index in [0.29, 0.717) is 29.6 Å². The number of carbonyl (C=O) groups excluding carboxylic acids is 1. The van der Waals surface area contributed by atoms with Crippen LogP contribution in [0.4, 0.5) is 5.69 Å². The summed E-state index contributed by atoms with van der Waals surface area (Å²) in [6.45, 7) is 8.63. The predicted molar refractivity (Wildman–Crippen MR) is 120 cm³/mol. The Labute approximate surface area is 177 Å². The normalized spacial score (nSPS) is 12.6. The molecule has 0 fully saturated rings. The second-order valence-corrected chi connectivity index (χ2v) is 7.71. The van der Waals surface area contributed by atoms with Gasteiger partial charge in [-0.1, -0.05) is 17.7 Å². The SMILES string of the molecule is CN=C(NCCC(=O)Nc1ccc(C)cc1Cl)NC(C)Cc1c(C)nn(C)c1C. The van der Waals surface area contributed by atoms with Crippen LogP contribution in [0.3, 0.4) is 0 Å². The molecule has 0 saturated carbocycles. The lowest BCUT2D eigenvalue weighted by Crippen LogP contribution is -2.44. The van der Waals surface area contributed by atoms with Crippen LogP contribution in [0, 0.1) is 20.8 Å². The molecule has 7 nitrogen and oxygen atoms in total. The molecule has 1 atom stereocenters. The number of anilines is 1. The van der Waals surface area contributed by atoms with Crippen molar-refractivity contribution in [2.45, 2.75) is 46.6 Å². The van der Waals surface area contributed by atoms with Crippen molar-refractivity contribution in [1.82, 2.24) is 20.4 Å². The summed E-state index contributed by atoms with van der Waals surface area (Å²) in [6.07, 6.45) is 1.15. The van der Waals surface area contributed by atoms with Gasteiger partial charge in [0, 0.05) is 38.8 Å². The fourth-order valence-electron chi connectivity index (χ4n) is 3.13. The van der Waals surface area contributed by atoms with Crippen LogP contribution in [0.5, 0.6) is 0 Å². The predicted octanol–water partition coefficient (Wildman–Crippen LogP) is 3.12. The molecular formula is C21H31ClN6O. The molecule has 2 rings (SSSR count). The topological polar surface area (TPSA) is 83.3 Å². The second-order valence-electron chi connectivity index (χ2n) is 7.30. The van der Waals surface area contributed by atoms with Crippen molar-refractivity contribution in [3.8, 4) is 0 Å². The molecule has 29 heavy (non-hydrogen) atoms. The number of aromatic nitrogens is 2. The van der Waals surface area contributed by atoms with Gasteiger partial charge in [-0.15, -0.1) is 0 Å². The Morgan fingerprint density at radius 3 is 2.62 bits per heavy atom. The van der Waals surface area contributed by atoms with Crippen molar-refractivity contribution in [3.63, 3.8) is 0 Å². The summed E-state index contributed by atoms with van der Waals surface area (Å²) in [5.74, 6) is 0.561. The second kappa shape index (κ2) is 10.3. The third-order valence-corrected chi connectivity index (χ3v) is 5.13. The monoisotopic (exact) mass is 418 g/mol. The molecule has 0 spiro atoms. The van der Waals surface area contributed by atoms with E-state index in [1.165, 1.54) is 11.3 Å². The molecule has 0 aliphatic heterocycles. The molecule has 8 heteroatoms. The highest BCUT2D eigenvalue weighted by atomic mass is 35.5. The fraction of sp³-hybridized carbons (Fsp3) is 0.476. The van der Waals surface area contributed by atoms with E-state index >= 15 is 0 Å². The van der Waals surface area contributed by atoms with E-state index in [1.807, 2.05) is 43.8 Å². The first-order valence-corrected chi connectivity index (χ1v) is 10.1. The van der Waals surface area contributed by atoms with E-state index < -0.39 is 0 Å². The number of amides is 1. The number of nitrogens with one attached hydrogen (secondary N) is 3. The van der Waals surface area contributed by atoms with Crippen LogP contribution in [-0.4, -0.2) is 41.3 Å². The van der Waals surface area contributed by atoms with Crippen molar-refractivity contribution in [1.29, 1.82) is 0 Å². The molecule has 0 radical (unpaired) electrons. The van der Waals surface area contributed by atoms with Gasteiger partial charge in [0.1, 0.15) is 0 Å². The highest BCUT2D eigenvalue weighted by molar-refractivity contribution is 6.33. The van der Waals surface area contributed by atoms with Crippen molar-refractivity contribution >= 4 is 29.2 Å². The first-order valence-electron chi connectivity index (χ1n) is 9.73. The van der Waals surface area contributed by atoms with Gasteiger partial charge in [0.25, 0.3) is 0 Å². The zero-order valence-corrected chi connectivity index (χ0v) is 18.8. The Kier molecular flexibility index (Phi) is 8.08. The lowest BCUT2D eigenvalue weighted by Gasteiger charge is -2.18. The summed E-state index contributed by atoms with van der Waals surface area (Å²) in [6, 6.07) is 5.73.